The third kappa shape index (κ3) is 2.44. The number of rotatable bonds is 1. The molecule has 1 heterocycles. The Morgan fingerprint density at radius 2 is 2.00 bits per heavy atom. The monoisotopic (exact) mass is 187 g/mol. The lowest BCUT2D eigenvalue weighted by atomic mass is 10.4. The molecule has 0 spiro atoms. The summed E-state index contributed by atoms with van der Waals surface area (Å²) < 4.78 is 10.9. The van der Waals surface area contributed by atoms with Gasteiger partial charge in [0.25, 0.3) is 0 Å². The number of allylic oxidation sites excluding steroid dienone is 1. The van der Waals surface area contributed by atoms with Crippen molar-refractivity contribution in [3.8, 4) is 0 Å². The molecule has 0 aromatic rings. The molecule has 0 radical (unpaired) electrons. The lowest BCUT2D eigenvalue weighted by molar-refractivity contribution is -0.125. The quantitative estimate of drug-likeness (QED) is 0.548. The summed E-state index contributed by atoms with van der Waals surface area (Å²) in [6, 6.07) is 0. The fourth-order valence-corrected chi connectivity index (χ4v) is 2.16. The zero-order valence-corrected chi connectivity index (χ0v) is 7.97. The highest BCUT2D eigenvalue weighted by Crippen LogP contribution is 2.00. The second-order valence-corrected chi connectivity index (χ2v) is 4.37. The summed E-state index contributed by atoms with van der Waals surface area (Å²) in [5.41, 5.74) is 0. The molecule has 1 rings (SSSR count). The van der Waals surface area contributed by atoms with Crippen LogP contribution < -0.4 is 0 Å². The Balaban J connectivity index is 2.44. The van der Waals surface area contributed by atoms with Gasteiger partial charge in [0.15, 0.2) is 0 Å². The van der Waals surface area contributed by atoms with E-state index in [1.807, 2.05) is 6.92 Å². The van der Waals surface area contributed by atoms with Gasteiger partial charge in [-0.25, -0.2) is 0 Å². The fraction of sp³-hybridized carbons (Fsp3) is 0.625. The van der Waals surface area contributed by atoms with Crippen LogP contribution in [0.1, 0.15) is 6.92 Å². The molecule has 0 bridgehead atoms. The second kappa shape index (κ2) is 4.40. The van der Waals surface area contributed by atoms with Gasteiger partial charge in [-0.3, -0.25) is 9.00 Å². The van der Waals surface area contributed by atoms with Crippen LogP contribution in [0.5, 0.6) is 0 Å². The van der Waals surface area contributed by atoms with E-state index in [0.717, 1.165) is 0 Å². The zero-order valence-electron chi connectivity index (χ0n) is 7.16. The Hall–Kier alpha value is -0.640. The molecule has 0 unspecified atom stereocenters. The first-order valence-corrected chi connectivity index (χ1v) is 5.49. The second-order valence-electron chi connectivity index (χ2n) is 2.67. The van der Waals surface area contributed by atoms with Gasteiger partial charge in [0.05, 0.1) is 0 Å². The van der Waals surface area contributed by atoms with Gasteiger partial charge in [-0.1, -0.05) is 6.08 Å². The van der Waals surface area contributed by atoms with Gasteiger partial charge in [0, 0.05) is 35.4 Å². The number of amides is 1. The van der Waals surface area contributed by atoms with Crippen LogP contribution in [-0.2, 0) is 15.6 Å². The molecule has 1 aliphatic heterocycles. The molecule has 0 N–H and O–H groups in total. The maximum atomic E-state index is 11.2. The summed E-state index contributed by atoms with van der Waals surface area (Å²) in [5, 5.41) is 0. The van der Waals surface area contributed by atoms with Crippen LogP contribution >= 0.6 is 0 Å². The lowest BCUT2D eigenvalue weighted by Crippen LogP contribution is -2.40. The minimum Gasteiger partial charge on any atom is -0.337 e. The molecule has 0 aromatic carbocycles. The van der Waals surface area contributed by atoms with Crippen molar-refractivity contribution in [2.24, 2.45) is 0 Å². The smallest absolute Gasteiger partial charge is 0.246 e. The number of carbonyl (C=O) groups excluding carboxylic acids is 1. The first-order valence-electron chi connectivity index (χ1n) is 4.00. The number of nitrogens with zero attached hydrogens (tertiary/aromatic N) is 1. The normalized spacial score (nSPS) is 20.2. The SMILES string of the molecule is CC=CC(=O)N1CCS(=O)CC1. The number of carbonyl (C=O) groups is 1. The molecule has 0 aromatic heterocycles. The van der Waals surface area contributed by atoms with Crippen molar-refractivity contribution in [2.75, 3.05) is 24.6 Å². The molecule has 1 amide bonds. The number of hydrogen-bond donors (Lipinski definition) is 0. The fourth-order valence-electron chi connectivity index (χ4n) is 1.11. The summed E-state index contributed by atoms with van der Waals surface area (Å²) in [5.74, 6) is 1.29. The zero-order chi connectivity index (χ0) is 8.97. The number of hydrogen-bond acceptors (Lipinski definition) is 2. The molecule has 4 heteroatoms. The first-order chi connectivity index (χ1) is 5.74. The topological polar surface area (TPSA) is 37.4 Å². The molecule has 1 aliphatic rings. The van der Waals surface area contributed by atoms with Gasteiger partial charge in [0.2, 0.25) is 5.91 Å². The highest BCUT2D eigenvalue weighted by atomic mass is 32.2. The average molecular weight is 187 g/mol. The van der Waals surface area contributed by atoms with Crippen molar-refractivity contribution in [2.45, 2.75) is 6.92 Å². The highest BCUT2D eigenvalue weighted by Gasteiger charge is 2.17. The molecule has 0 saturated carbocycles. The van der Waals surface area contributed by atoms with Gasteiger partial charge >= 0.3 is 0 Å². The average Bonchev–Trinajstić information content (AvgIpc) is 2.06. The lowest BCUT2D eigenvalue weighted by Gasteiger charge is -2.24. The third-order valence-electron chi connectivity index (χ3n) is 1.80. The van der Waals surface area contributed by atoms with Crippen molar-refractivity contribution < 1.29 is 9.00 Å². The molecule has 1 fully saturated rings. The Labute approximate surface area is 74.9 Å². The van der Waals surface area contributed by atoms with E-state index in [0.29, 0.717) is 24.6 Å². The van der Waals surface area contributed by atoms with Crippen LogP contribution in [0, 0.1) is 0 Å². The molecule has 12 heavy (non-hydrogen) atoms. The Morgan fingerprint density at radius 3 is 2.50 bits per heavy atom. The minimum atomic E-state index is -0.699. The van der Waals surface area contributed by atoms with Crippen LogP contribution in [0.25, 0.3) is 0 Å². The van der Waals surface area contributed by atoms with Crippen molar-refractivity contribution in [3.05, 3.63) is 12.2 Å². The van der Waals surface area contributed by atoms with Crippen molar-refractivity contribution in [1.29, 1.82) is 0 Å². The maximum absolute atomic E-state index is 11.2. The molecule has 1 saturated heterocycles. The summed E-state index contributed by atoms with van der Waals surface area (Å²) in [7, 11) is -0.699. The van der Waals surface area contributed by atoms with Crippen LogP contribution in [-0.4, -0.2) is 39.6 Å². The van der Waals surface area contributed by atoms with E-state index in [1.54, 1.807) is 17.1 Å². The maximum Gasteiger partial charge on any atom is 0.246 e. The van der Waals surface area contributed by atoms with E-state index < -0.39 is 10.8 Å². The molecule has 3 nitrogen and oxygen atoms in total. The van der Waals surface area contributed by atoms with Gasteiger partial charge < -0.3 is 4.90 Å². The standard InChI is InChI=1S/C8H13NO2S/c1-2-3-8(10)9-4-6-12(11)7-5-9/h2-3H,4-7H2,1H3. The summed E-state index contributed by atoms with van der Waals surface area (Å²) in [4.78, 5) is 13.0. The van der Waals surface area contributed by atoms with Gasteiger partial charge in [0.1, 0.15) is 0 Å². The third-order valence-corrected chi connectivity index (χ3v) is 3.07. The Morgan fingerprint density at radius 1 is 1.42 bits per heavy atom. The Kier molecular flexibility index (Phi) is 3.47. The highest BCUT2D eigenvalue weighted by molar-refractivity contribution is 7.85. The summed E-state index contributed by atoms with van der Waals surface area (Å²) in [6.07, 6.45) is 3.28. The van der Waals surface area contributed by atoms with Crippen LogP contribution in [0.2, 0.25) is 0 Å². The predicted octanol–water partition coefficient (Wildman–Crippen LogP) is 0.153. The van der Waals surface area contributed by atoms with Crippen LogP contribution in [0.3, 0.4) is 0 Å². The summed E-state index contributed by atoms with van der Waals surface area (Å²) in [6.45, 7) is 3.09. The first kappa shape index (κ1) is 9.45. The van der Waals surface area contributed by atoms with E-state index in [-0.39, 0.29) is 5.91 Å². The van der Waals surface area contributed by atoms with E-state index in [9.17, 15) is 9.00 Å². The van der Waals surface area contributed by atoms with E-state index in [2.05, 4.69) is 0 Å². The van der Waals surface area contributed by atoms with Crippen LogP contribution in [0.15, 0.2) is 12.2 Å². The minimum absolute atomic E-state index is 0.0363. The summed E-state index contributed by atoms with van der Waals surface area (Å²) >= 11 is 0. The molecular weight excluding hydrogens is 174 g/mol. The van der Waals surface area contributed by atoms with E-state index >= 15 is 0 Å². The Bertz CT molecular complexity index is 215. The predicted molar refractivity (Wildman–Crippen MR) is 49.3 cm³/mol. The molecule has 0 aliphatic carbocycles. The van der Waals surface area contributed by atoms with E-state index in [4.69, 9.17) is 0 Å². The largest absolute Gasteiger partial charge is 0.337 e. The van der Waals surface area contributed by atoms with Crippen molar-refractivity contribution >= 4 is 16.7 Å². The van der Waals surface area contributed by atoms with Crippen molar-refractivity contribution in [1.82, 2.24) is 4.90 Å². The molecule has 0 atom stereocenters. The molecular formula is C8H13NO2S. The van der Waals surface area contributed by atoms with E-state index in [1.165, 1.54) is 0 Å². The van der Waals surface area contributed by atoms with Gasteiger partial charge in [-0.15, -0.1) is 0 Å². The van der Waals surface area contributed by atoms with Gasteiger partial charge in [-0.05, 0) is 13.0 Å². The van der Waals surface area contributed by atoms with Crippen molar-refractivity contribution in [3.63, 3.8) is 0 Å². The van der Waals surface area contributed by atoms with Gasteiger partial charge in [-0.2, -0.15) is 0 Å². The van der Waals surface area contributed by atoms with Crippen LogP contribution in [0.4, 0.5) is 0 Å². The molecule has 68 valence electrons.